The molecule has 26 heavy (non-hydrogen) atoms. The number of aromatic nitrogens is 1. The lowest BCUT2D eigenvalue weighted by atomic mass is 10.1. The summed E-state index contributed by atoms with van der Waals surface area (Å²) in [6.45, 7) is 3.58. The number of ether oxygens (including phenoxy) is 1. The molecule has 5 nitrogen and oxygen atoms in total. The predicted molar refractivity (Wildman–Crippen MR) is 98.3 cm³/mol. The maximum atomic E-state index is 13.5. The van der Waals surface area contributed by atoms with Gasteiger partial charge in [-0.3, -0.25) is 9.78 Å². The Labute approximate surface area is 154 Å². The molecule has 0 saturated heterocycles. The largest absolute Gasteiger partial charge is 0.458 e. The summed E-state index contributed by atoms with van der Waals surface area (Å²) in [5, 5.41) is 0. The average Bonchev–Trinajstić information content (AvgIpc) is 3.14. The van der Waals surface area contributed by atoms with Crippen LogP contribution in [0.25, 0.3) is 0 Å². The molecule has 0 unspecified atom stereocenters. The molecule has 1 fully saturated rings. The second kappa shape index (κ2) is 7.19. The van der Waals surface area contributed by atoms with Gasteiger partial charge in [-0.05, 0) is 56.0 Å². The van der Waals surface area contributed by atoms with Crippen molar-refractivity contribution >= 4 is 15.8 Å². The number of carbonyl (C=O) groups excluding carboxylic acids is 1. The lowest BCUT2D eigenvalue weighted by Crippen LogP contribution is -2.45. The first-order valence-corrected chi connectivity index (χ1v) is 10.2. The van der Waals surface area contributed by atoms with Gasteiger partial charge < -0.3 is 4.74 Å². The summed E-state index contributed by atoms with van der Waals surface area (Å²) < 4.78 is 30.8. The molecule has 138 valence electrons. The molecule has 0 N–H and O–H groups in total. The Bertz CT molecular complexity index is 901. The molecule has 0 atom stereocenters. The molecule has 2 aromatic rings. The number of hydrogen-bond acceptors (Lipinski definition) is 5. The third-order valence-electron chi connectivity index (χ3n) is 5.01. The molecule has 0 spiro atoms. The van der Waals surface area contributed by atoms with Gasteiger partial charge in [0.2, 0.25) is 0 Å². The molecule has 3 rings (SSSR count). The molecule has 1 aliphatic rings. The van der Waals surface area contributed by atoms with Crippen molar-refractivity contribution in [3.05, 3.63) is 59.4 Å². The van der Waals surface area contributed by atoms with Gasteiger partial charge in [0.05, 0.1) is 10.6 Å². The Hall–Kier alpha value is -2.21. The van der Waals surface area contributed by atoms with Gasteiger partial charge in [-0.15, -0.1) is 0 Å². The highest BCUT2D eigenvalue weighted by molar-refractivity contribution is 7.93. The quantitative estimate of drug-likeness (QED) is 0.750. The maximum Gasteiger partial charge on any atom is 0.328 e. The molecule has 1 heterocycles. The van der Waals surface area contributed by atoms with Crippen molar-refractivity contribution in [2.45, 2.75) is 55.8 Å². The van der Waals surface area contributed by atoms with E-state index in [1.165, 1.54) is 0 Å². The zero-order chi connectivity index (χ0) is 18.8. The molecule has 0 aliphatic heterocycles. The van der Waals surface area contributed by atoms with Crippen LogP contribution in [0.4, 0.5) is 0 Å². The molecule has 6 heteroatoms. The normalized spacial score (nSPS) is 16.4. The van der Waals surface area contributed by atoms with Crippen LogP contribution in [0.2, 0.25) is 0 Å². The van der Waals surface area contributed by atoms with Gasteiger partial charge in [0.15, 0.2) is 14.6 Å². The monoisotopic (exact) mass is 373 g/mol. The highest BCUT2D eigenvalue weighted by atomic mass is 32.2. The van der Waals surface area contributed by atoms with Crippen LogP contribution in [0.3, 0.4) is 0 Å². The van der Waals surface area contributed by atoms with E-state index in [1.54, 1.807) is 43.5 Å². The van der Waals surface area contributed by atoms with E-state index in [2.05, 4.69) is 4.98 Å². The van der Waals surface area contributed by atoms with Gasteiger partial charge in [-0.25, -0.2) is 8.42 Å². The fourth-order valence-corrected chi connectivity index (χ4v) is 5.85. The second-order valence-electron chi connectivity index (χ2n) is 6.87. The van der Waals surface area contributed by atoms with Gasteiger partial charge in [-0.1, -0.05) is 31.0 Å². The first-order chi connectivity index (χ1) is 12.4. The van der Waals surface area contributed by atoms with Crippen molar-refractivity contribution < 1.29 is 17.9 Å². The first kappa shape index (κ1) is 18.6. The number of pyridine rings is 1. The second-order valence-corrected chi connectivity index (χ2v) is 9.10. The number of aryl methyl sites for hydroxylation is 2. The van der Waals surface area contributed by atoms with Crippen LogP contribution < -0.4 is 0 Å². The van der Waals surface area contributed by atoms with Crippen molar-refractivity contribution in [2.75, 3.05) is 0 Å². The highest BCUT2D eigenvalue weighted by Crippen LogP contribution is 2.42. The molecular weight excluding hydrogens is 350 g/mol. The van der Waals surface area contributed by atoms with E-state index in [0.29, 0.717) is 36.9 Å². The Morgan fingerprint density at radius 1 is 1.15 bits per heavy atom. The van der Waals surface area contributed by atoms with Gasteiger partial charge in [0.1, 0.15) is 6.61 Å². The SMILES string of the molecule is Cc1ccc(C)c(S(=O)(=O)C2(C(=O)OCc3ccccn3)CCCC2)c1. The predicted octanol–water partition coefficient (Wildman–Crippen LogP) is 3.53. The number of carbonyl (C=O) groups is 1. The number of esters is 1. The van der Waals surface area contributed by atoms with Crippen LogP contribution in [0.15, 0.2) is 47.5 Å². The fraction of sp³-hybridized carbons (Fsp3) is 0.400. The van der Waals surface area contributed by atoms with E-state index in [9.17, 15) is 13.2 Å². The summed E-state index contributed by atoms with van der Waals surface area (Å²) in [6.07, 6.45) is 3.60. The van der Waals surface area contributed by atoms with Crippen molar-refractivity contribution in [3.8, 4) is 0 Å². The van der Waals surface area contributed by atoms with E-state index in [1.807, 2.05) is 13.0 Å². The molecule has 1 aliphatic carbocycles. The number of sulfone groups is 1. The summed E-state index contributed by atoms with van der Waals surface area (Å²) in [5.41, 5.74) is 2.10. The van der Waals surface area contributed by atoms with E-state index in [4.69, 9.17) is 4.74 Å². The van der Waals surface area contributed by atoms with Crippen LogP contribution in [-0.4, -0.2) is 24.1 Å². The number of rotatable bonds is 5. The molecular formula is C20H23NO4S. The Balaban J connectivity index is 1.94. The number of benzene rings is 1. The summed E-state index contributed by atoms with van der Waals surface area (Å²) in [7, 11) is -3.85. The minimum absolute atomic E-state index is 0.0241. The molecule has 1 saturated carbocycles. The van der Waals surface area contributed by atoms with Crippen molar-refractivity contribution in [3.63, 3.8) is 0 Å². The molecule has 0 amide bonds. The Morgan fingerprint density at radius 2 is 1.88 bits per heavy atom. The standard InChI is InChI=1S/C20H23NO4S/c1-15-8-9-16(2)18(13-15)26(23,24)20(10-4-5-11-20)19(22)25-14-17-7-3-6-12-21-17/h3,6-9,12-13H,4-5,10-11,14H2,1-2H3. The highest BCUT2D eigenvalue weighted by Gasteiger charge is 2.54. The molecule has 1 aromatic carbocycles. The number of hydrogen-bond donors (Lipinski definition) is 0. The maximum absolute atomic E-state index is 13.5. The van der Waals surface area contributed by atoms with E-state index >= 15 is 0 Å². The van der Waals surface area contributed by atoms with Crippen LogP contribution >= 0.6 is 0 Å². The molecule has 0 radical (unpaired) electrons. The third kappa shape index (κ3) is 3.26. The van der Waals surface area contributed by atoms with Crippen molar-refractivity contribution in [1.82, 2.24) is 4.98 Å². The summed E-state index contributed by atoms with van der Waals surface area (Å²) >= 11 is 0. The van der Waals surface area contributed by atoms with E-state index in [-0.39, 0.29) is 11.5 Å². The zero-order valence-electron chi connectivity index (χ0n) is 15.1. The minimum atomic E-state index is -3.85. The van der Waals surface area contributed by atoms with E-state index in [0.717, 1.165) is 5.56 Å². The Morgan fingerprint density at radius 3 is 2.54 bits per heavy atom. The van der Waals surface area contributed by atoms with Gasteiger partial charge >= 0.3 is 5.97 Å². The van der Waals surface area contributed by atoms with E-state index < -0.39 is 20.6 Å². The van der Waals surface area contributed by atoms with Gasteiger partial charge in [0, 0.05) is 6.20 Å². The smallest absolute Gasteiger partial charge is 0.328 e. The minimum Gasteiger partial charge on any atom is -0.458 e. The van der Waals surface area contributed by atoms with Crippen molar-refractivity contribution in [1.29, 1.82) is 0 Å². The zero-order valence-corrected chi connectivity index (χ0v) is 15.9. The molecule has 1 aromatic heterocycles. The Kier molecular flexibility index (Phi) is 5.14. The van der Waals surface area contributed by atoms with Crippen LogP contribution in [0, 0.1) is 13.8 Å². The lowest BCUT2D eigenvalue weighted by molar-refractivity contribution is -0.148. The van der Waals surface area contributed by atoms with Crippen LogP contribution in [-0.2, 0) is 26.0 Å². The van der Waals surface area contributed by atoms with Gasteiger partial charge in [0.25, 0.3) is 0 Å². The third-order valence-corrected chi connectivity index (χ3v) is 7.63. The summed E-state index contributed by atoms with van der Waals surface area (Å²) in [5.74, 6) is -0.665. The first-order valence-electron chi connectivity index (χ1n) is 8.76. The van der Waals surface area contributed by atoms with Gasteiger partial charge in [-0.2, -0.15) is 0 Å². The summed E-state index contributed by atoms with van der Waals surface area (Å²) in [6, 6.07) is 10.6. The van der Waals surface area contributed by atoms with Crippen molar-refractivity contribution in [2.24, 2.45) is 0 Å². The number of nitrogens with zero attached hydrogens (tertiary/aromatic N) is 1. The van der Waals surface area contributed by atoms with Crippen LogP contribution in [0.5, 0.6) is 0 Å². The molecule has 0 bridgehead atoms. The van der Waals surface area contributed by atoms with Crippen LogP contribution in [0.1, 0.15) is 42.5 Å². The topological polar surface area (TPSA) is 73.3 Å². The lowest BCUT2D eigenvalue weighted by Gasteiger charge is -2.27. The average molecular weight is 373 g/mol. The fourth-order valence-electron chi connectivity index (χ4n) is 3.49. The summed E-state index contributed by atoms with van der Waals surface area (Å²) in [4.78, 5) is 17.3.